The van der Waals surface area contributed by atoms with Crippen LogP contribution in [-0.2, 0) is 0 Å². The van der Waals surface area contributed by atoms with E-state index in [9.17, 15) is 10.1 Å². The highest BCUT2D eigenvalue weighted by Gasteiger charge is 2.10. The zero-order valence-electron chi connectivity index (χ0n) is 10.4. The molecule has 0 atom stereocenters. The lowest BCUT2D eigenvalue weighted by Crippen LogP contribution is -2.13. The SMILES string of the molecule is N/C(=N/O)c1ccc(Oc2cc(Br)cc([N+](=O)[O-])c2)nc1. The minimum Gasteiger partial charge on any atom is -0.439 e. The van der Waals surface area contributed by atoms with Gasteiger partial charge >= 0.3 is 0 Å². The van der Waals surface area contributed by atoms with Crippen LogP contribution in [0.2, 0.25) is 0 Å². The second-order valence-corrected chi connectivity index (χ2v) is 4.79. The maximum absolute atomic E-state index is 10.8. The van der Waals surface area contributed by atoms with Gasteiger partial charge in [-0.15, -0.1) is 0 Å². The number of hydrogen-bond acceptors (Lipinski definition) is 6. The van der Waals surface area contributed by atoms with Crippen molar-refractivity contribution >= 4 is 27.5 Å². The molecule has 0 saturated carbocycles. The Labute approximate surface area is 127 Å². The molecule has 1 aromatic heterocycles. The zero-order valence-corrected chi connectivity index (χ0v) is 12.0. The van der Waals surface area contributed by atoms with E-state index < -0.39 is 4.92 Å². The third kappa shape index (κ3) is 3.66. The van der Waals surface area contributed by atoms with Gasteiger partial charge in [0, 0.05) is 28.4 Å². The summed E-state index contributed by atoms with van der Waals surface area (Å²) in [6.07, 6.45) is 1.36. The van der Waals surface area contributed by atoms with Gasteiger partial charge in [-0.1, -0.05) is 21.1 Å². The highest BCUT2D eigenvalue weighted by atomic mass is 79.9. The number of ether oxygens (including phenoxy) is 1. The lowest BCUT2D eigenvalue weighted by molar-refractivity contribution is -0.385. The summed E-state index contributed by atoms with van der Waals surface area (Å²) in [5.74, 6) is 0.407. The van der Waals surface area contributed by atoms with E-state index in [1.165, 1.54) is 24.4 Å². The molecule has 0 amide bonds. The van der Waals surface area contributed by atoms with Crippen LogP contribution in [0.5, 0.6) is 11.6 Å². The van der Waals surface area contributed by atoms with Crippen LogP contribution < -0.4 is 10.5 Å². The standard InChI is InChI=1S/C12H9BrN4O4/c13-8-3-9(17(19)20)5-10(4-8)21-11-2-1-7(6-15-11)12(14)16-18/h1-6,18H,(H2,14,16). The highest BCUT2D eigenvalue weighted by molar-refractivity contribution is 9.10. The molecule has 3 N–H and O–H groups in total. The van der Waals surface area contributed by atoms with Gasteiger partial charge in [0.15, 0.2) is 5.84 Å². The smallest absolute Gasteiger partial charge is 0.274 e. The highest BCUT2D eigenvalue weighted by Crippen LogP contribution is 2.28. The lowest BCUT2D eigenvalue weighted by atomic mass is 10.2. The van der Waals surface area contributed by atoms with Crippen LogP contribution in [-0.4, -0.2) is 21.0 Å². The van der Waals surface area contributed by atoms with Crippen LogP contribution in [0.1, 0.15) is 5.56 Å². The van der Waals surface area contributed by atoms with Gasteiger partial charge in [0.05, 0.1) is 11.0 Å². The molecule has 21 heavy (non-hydrogen) atoms. The van der Waals surface area contributed by atoms with Crippen LogP contribution in [0.4, 0.5) is 5.69 Å². The first-order valence-corrected chi connectivity index (χ1v) is 6.35. The molecule has 0 aliphatic heterocycles. The van der Waals surface area contributed by atoms with Crippen molar-refractivity contribution in [1.82, 2.24) is 4.98 Å². The van der Waals surface area contributed by atoms with Gasteiger partial charge in [-0.2, -0.15) is 0 Å². The topological polar surface area (TPSA) is 124 Å². The number of benzene rings is 1. The Hall–Kier alpha value is -2.68. The summed E-state index contributed by atoms with van der Waals surface area (Å²) in [4.78, 5) is 14.2. The van der Waals surface area contributed by atoms with E-state index in [0.29, 0.717) is 10.0 Å². The summed E-state index contributed by atoms with van der Waals surface area (Å²) in [6, 6.07) is 7.27. The Balaban J connectivity index is 2.24. The Kier molecular flexibility index (Phi) is 4.33. The van der Waals surface area contributed by atoms with Gasteiger partial charge in [0.1, 0.15) is 5.75 Å². The van der Waals surface area contributed by atoms with Crippen molar-refractivity contribution in [1.29, 1.82) is 0 Å². The largest absolute Gasteiger partial charge is 0.439 e. The molecule has 1 heterocycles. The molecule has 0 saturated heterocycles. The Morgan fingerprint density at radius 2 is 2.19 bits per heavy atom. The Bertz CT molecular complexity index is 703. The van der Waals surface area contributed by atoms with E-state index in [0.717, 1.165) is 0 Å². The number of nitro benzene ring substituents is 1. The van der Waals surface area contributed by atoms with Crippen molar-refractivity contribution < 1.29 is 14.9 Å². The molecule has 0 bridgehead atoms. The number of amidine groups is 1. The van der Waals surface area contributed by atoms with Crippen LogP contribution in [0.15, 0.2) is 46.2 Å². The summed E-state index contributed by atoms with van der Waals surface area (Å²) in [5, 5.41) is 22.2. The second-order valence-electron chi connectivity index (χ2n) is 3.87. The number of nitrogens with zero attached hydrogens (tertiary/aromatic N) is 3. The molecule has 0 aliphatic rings. The molecule has 9 heteroatoms. The summed E-state index contributed by atoms with van der Waals surface area (Å²) in [7, 11) is 0. The van der Waals surface area contributed by atoms with Crippen LogP contribution >= 0.6 is 15.9 Å². The molecule has 0 fully saturated rings. The average Bonchev–Trinajstić information content (AvgIpc) is 2.46. The van der Waals surface area contributed by atoms with Gasteiger partial charge in [0.2, 0.25) is 5.88 Å². The number of non-ortho nitro benzene ring substituents is 1. The van der Waals surface area contributed by atoms with Crippen molar-refractivity contribution in [2.24, 2.45) is 10.9 Å². The molecule has 0 unspecified atom stereocenters. The van der Waals surface area contributed by atoms with Gasteiger partial charge in [0.25, 0.3) is 5.69 Å². The third-order valence-electron chi connectivity index (χ3n) is 2.43. The first kappa shape index (κ1) is 14.7. The number of pyridine rings is 1. The van der Waals surface area contributed by atoms with E-state index in [1.54, 1.807) is 12.1 Å². The maximum atomic E-state index is 10.8. The zero-order chi connectivity index (χ0) is 15.4. The molecule has 0 spiro atoms. The quantitative estimate of drug-likeness (QED) is 0.286. The monoisotopic (exact) mass is 352 g/mol. The molecule has 2 rings (SSSR count). The number of nitrogens with two attached hydrogens (primary N) is 1. The van der Waals surface area contributed by atoms with Gasteiger partial charge in [-0.25, -0.2) is 4.98 Å². The van der Waals surface area contributed by atoms with Crippen LogP contribution in [0, 0.1) is 10.1 Å². The van der Waals surface area contributed by atoms with E-state index in [1.807, 2.05) is 0 Å². The first-order chi connectivity index (χ1) is 9.99. The summed E-state index contributed by atoms with van der Waals surface area (Å²) in [5.41, 5.74) is 5.73. The summed E-state index contributed by atoms with van der Waals surface area (Å²) >= 11 is 3.17. The van der Waals surface area contributed by atoms with Gasteiger partial charge in [-0.3, -0.25) is 10.1 Å². The molecule has 0 radical (unpaired) electrons. The van der Waals surface area contributed by atoms with Crippen molar-refractivity contribution in [3.05, 3.63) is 56.7 Å². The molecule has 2 aromatic rings. The summed E-state index contributed by atoms with van der Waals surface area (Å²) in [6.45, 7) is 0. The van der Waals surface area contributed by atoms with Crippen molar-refractivity contribution in [3.8, 4) is 11.6 Å². The van der Waals surface area contributed by atoms with Gasteiger partial charge < -0.3 is 15.7 Å². The average molecular weight is 353 g/mol. The number of hydrogen-bond donors (Lipinski definition) is 2. The van der Waals surface area contributed by atoms with Crippen molar-refractivity contribution in [3.63, 3.8) is 0 Å². The first-order valence-electron chi connectivity index (χ1n) is 5.56. The number of nitro groups is 1. The van der Waals surface area contributed by atoms with Crippen LogP contribution in [0.3, 0.4) is 0 Å². The predicted molar refractivity (Wildman–Crippen MR) is 77.6 cm³/mol. The minimum atomic E-state index is -0.521. The fraction of sp³-hybridized carbons (Fsp3) is 0. The lowest BCUT2D eigenvalue weighted by Gasteiger charge is -2.06. The maximum Gasteiger partial charge on any atom is 0.274 e. The fourth-order valence-electron chi connectivity index (χ4n) is 1.48. The van der Waals surface area contributed by atoms with E-state index in [-0.39, 0.29) is 23.2 Å². The normalized spacial score (nSPS) is 11.2. The molecule has 8 nitrogen and oxygen atoms in total. The van der Waals surface area contributed by atoms with Gasteiger partial charge in [-0.05, 0) is 12.1 Å². The van der Waals surface area contributed by atoms with Crippen molar-refractivity contribution in [2.75, 3.05) is 0 Å². The number of rotatable bonds is 4. The number of halogens is 1. The molecular formula is C12H9BrN4O4. The Morgan fingerprint density at radius 3 is 2.76 bits per heavy atom. The second kappa shape index (κ2) is 6.18. The van der Waals surface area contributed by atoms with Crippen molar-refractivity contribution in [2.45, 2.75) is 0 Å². The Morgan fingerprint density at radius 1 is 1.43 bits per heavy atom. The molecule has 108 valence electrons. The number of oxime groups is 1. The van der Waals surface area contributed by atoms with E-state index in [2.05, 4.69) is 26.1 Å². The third-order valence-corrected chi connectivity index (χ3v) is 2.89. The van der Waals surface area contributed by atoms with Crippen LogP contribution in [0.25, 0.3) is 0 Å². The van der Waals surface area contributed by atoms with E-state index in [4.69, 9.17) is 15.7 Å². The summed E-state index contributed by atoms with van der Waals surface area (Å²) < 4.78 is 5.94. The molecule has 0 aliphatic carbocycles. The predicted octanol–water partition coefficient (Wildman–Crippen LogP) is 2.64. The molecule has 1 aromatic carbocycles. The number of aromatic nitrogens is 1. The van der Waals surface area contributed by atoms with E-state index >= 15 is 0 Å². The minimum absolute atomic E-state index is 0.0767. The fourth-order valence-corrected chi connectivity index (χ4v) is 1.94. The molecular weight excluding hydrogens is 344 g/mol.